The summed E-state index contributed by atoms with van der Waals surface area (Å²) in [6, 6.07) is 10.6. The van der Waals surface area contributed by atoms with E-state index in [-0.39, 0.29) is 12.1 Å². The average molecular weight is 249 g/mol. The van der Waals surface area contributed by atoms with Gasteiger partial charge in [0.1, 0.15) is 0 Å². The van der Waals surface area contributed by atoms with Gasteiger partial charge >= 0.3 is 0 Å². The monoisotopic (exact) mass is 249 g/mol. The van der Waals surface area contributed by atoms with Crippen LogP contribution in [0.3, 0.4) is 0 Å². The minimum Gasteiger partial charge on any atom is -0.377 e. The first-order valence-corrected chi connectivity index (χ1v) is 6.98. The molecule has 1 aromatic rings. The summed E-state index contributed by atoms with van der Waals surface area (Å²) in [4.78, 5) is 0. The van der Waals surface area contributed by atoms with E-state index >= 15 is 0 Å². The molecule has 2 N–H and O–H groups in total. The third-order valence-electron chi connectivity index (χ3n) is 3.52. The third kappa shape index (κ3) is 4.43. The van der Waals surface area contributed by atoms with E-state index in [0.29, 0.717) is 18.4 Å². The van der Waals surface area contributed by atoms with Gasteiger partial charge < -0.3 is 10.5 Å². The van der Waals surface area contributed by atoms with Gasteiger partial charge in [-0.05, 0) is 25.3 Å². The third-order valence-corrected chi connectivity index (χ3v) is 3.52. The Morgan fingerprint density at radius 3 is 2.22 bits per heavy atom. The van der Waals surface area contributed by atoms with Gasteiger partial charge in [0.15, 0.2) is 0 Å². The molecule has 1 rings (SSSR count). The maximum absolute atomic E-state index is 6.35. The Morgan fingerprint density at radius 2 is 1.72 bits per heavy atom. The van der Waals surface area contributed by atoms with Crippen LogP contribution in [0.15, 0.2) is 30.3 Å². The number of hydrogen-bond donors (Lipinski definition) is 1. The van der Waals surface area contributed by atoms with Crippen LogP contribution in [0.5, 0.6) is 0 Å². The van der Waals surface area contributed by atoms with Gasteiger partial charge in [0, 0.05) is 12.0 Å². The molecule has 1 aromatic carbocycles. The van der Waals surface area contributed by atoms with Gasteiger partial charge in [0.05, 0.1) is 12.7 Å². The lowest BCUT2D eigenvalue weighted by atomic mass is 9.81. The molecule has 102 valence electrons. The molecule has 3 unspecified atom stereocenters. The van der Waals surface area contributed by atoms with Gasteiger partial charge in [-0.1, -0.05) is 50.6 Å². The molecule has 0 saturated carbocycles. The van der Waals surface area contributed by atoms with Crippen molar-refractivity contribution in [3.8, 4) is 0 Å². The Kier molecular flexibility index (Phi) is 6.37. The van der Waals surface area contributed by atoms with Crippen LogP contribution < -0.4 is 5.73 Å². The summed E-state index contributed by atoms with van der Waals surface area (Å²) in [5.74, 6) is 0.938. The maximum Gasteiger partial charge on any atom is 0.0627 e. The van der Waals surface area contributed by atoms with E-state index < -0.39 is 0 Å². The highest BCUT2D eigenvalue weighted by molar-refractivity contribution is 5.22. The molecule has 2 heteroatoms. The fourth-order valence-corrected chi connectivity index (χ4v) is 2.33. The van der Waals surface area contributed by atoms with Crippen LogP contribution in [-0.2, 0) is 4.74 Å². The van der Waals surface area contributed by atoms with Crippen LogP contribution in [0.4, 0.5) is 0 Å². The summed E-state index contributed by atoms with van der Waals surface area (Å²) < 4.78 is 5.68. The summed E-state index contributed by atoms with van der Waals surface area (Å²) in [6.07, 6.45) is 1.37. The average Bonchev–Trinajstić information content (AvgIpc) is 2.37. The molecule has 3 atom stereocenters. The van der Waals surface area contributed by atoms with Crippen LogP contribution in [0, 0.1) is 5.92 Å². The van der Waals surface area contributed by atoms with Crippen molar-refractivity contribution in [3.63, 3.8) is 0 Å². The second kappa shape index (κ2) is 7.55. The van der Waals surface area contributed by atoms with Crippen LogP contribution in [0.1, 0.15) is 45.6 Å². The fourth-order valence-electron chi connectivity index (χ4n) is 2.33. The van der Waals surface area contributed by atoms with E-state index in [4.69, 9.17) is 10.5 Å². The van der Waals surface area contributed by atoms with E-state index in [2.05, 4.69) is 38.1 Å². The Morgan fingerprint density at radius 1 is 1.11 bits per heavy atom. The van der Waals surface area contributed by atoms with Crippen LogP contribution in [0.2, 0.25) is 0 Å². The molecule has 0 heterocycles. The Labute approximate surface area is 112 Å². The molecule has 0 spiro atoms. The van der Waals surface area contributed by atoms with Gasteiger partial charge in [-0.3, -0.25) is 0 Å². The van der Waals surface area contributed by atoms with Crippen molar-refractivity contribution in [2.45, 2.75) is 52.2 Å². The van der Waals surface area contributed by atoms with Gasteiger partial charge in [0.25, 0.3) is 0 Å². The van der Waals surface area contributed by atoms with Crippen molar-refractivity contribution in [1.82, 2.24) is 0 Å². The molecular weight excluding hydrogens is 222 g/mol. The standard InChI is InChI=1S/C16H27NO/c1-5-13(4)16(14-9-7-6-8-10-14)15(17)11-18-12(2)3/h6-10,12-13,15-16H,5,11,17H2,1-4H3. The van der Waals surface area contributed by atoms with Crippen molar-refractivity contribution >= 4 is 0 Å². The van der Waals surface area contributed by atoms with Gasteiger partial charge in [-0.15, -0.1) is 0 Å². The number of ether oxygens (including phenoxy) is 1. The first-order valence-electron chi connectivity index (χ1n) is 6.98. The molecular formula is C16H27NO. The van der Waals surface area contributed by atoms with Crippen LogP contribution >= 0.6 is 0 Å². The first kappa shape index (κ1) is 15.2. The summed E-state index contributed by atoms with van der Waals surface area (Å²) in [5.41, 5.74) is 7.68. The van der Waals surface area contributed by atoms with Crippen molar-refractivity contribution < 1.29 is 4.74 Å². The normalized spacial score (nSPS) is 16.6. The zero-order chi connectivity index (χ0) is 13.5. The molecule has 0 radical (unpaired) electrons. The van der Waals surface area contributed by atoms with Crippen LogP contribution in [0.25, 0.3) is 0 Å². The summed E-state index contributed by atoms with van der Waals surface area (Å²) >= 11 is 0. The molecule has 0 aliphatic carbocycles. The highest BCUT2D eigenvalue weighted by Crippen LogP contribution is 2.29. The minimum absolute atomic E-state index is 0.0600. The maximum atomic E-state index is 6.35. The molecule has 0 fully saturated rings. The largest absolute Gasteiger partial charge is 0.377 e. The Bertz CT molecular complexity index is 323. The lowest BCUT2D eigenvalue weighted by Gasteiger charge is -2.30. The van der Waals surface area contributed by atoms with Crippen LogP contribution in [-0.4, -0.2) is 18.8 Å². The van der Waals surface area contributed by atoms with Crippen molar-refractivity contribution in [2.75, 3.05) is 6.61 Å². The smallest absolute Gasteiger partial charge is 0.0627 e. The molecule has 2 nitrogen and oxygen atoms in total. The SMILES string of the molecule is CCC(C)C(c1ccccc1)C(N)COC(C)C. The minimum atomic E-state index is 0.0600. The van der Waals surface area contributed by atoms with E-state index in [0.717, 1.165) is 6.42 Å². The van der Waals surface area contributed by atoms with Gasteiger partial charge in [-0.2, -0.15) is 0 Å². The number of hydrogen-bond acceptors (Lipinski definition) is 2. The van der Waals surface area contributed by atoms with Crippen molar-refractivity contribution in [1.29, 1.82) is 0 Å². The lowest BCUT2D eigenvalue weighted by Crippen LogP contribution is -2.37. The topological polar surface area (TPSA) is 35.2 Å². The summed E-state index contributed by atoms with van der Waals surface area (Å²) in [5, 5.41) is 0. The number of benzene rings is 1. The second-order valence-electron chi connectivity index (χ2n) is 5.37. The fraction of sp³-hybridized carbons (Fsp3) is 0.625. The first-order chi connectivity index (χ1) is 8.56. The quantitative estimate of drug-likeness (QED) is 0.802. The van der Waals surface area contributed by atoms with Gasteiger partial charge in [0.2, 0.25) is 0 Å². The summed E-state index contributed by atoms with van der Waals surface area (Å²) in [7, 11) is 0. The number of nitrogens with two attached hydrogens (primary N) is 1. The summed E-state index contributed by atoms with van der Waals surface area (Å²) in [6.45, 7) is 9.21. The predicted molar refractivity (Wildman–Crippen MR) is 77.7 cm³/mol. The number of rotatable bonds is 7. The second-order valence-corrected chi connectivity index (χ2v) is 5.37. The molecule has 0 saturated heterocycles. The van der Waals surface area contributed by atoms with E-state index in [1.54, 1.807) is 0 Å². The molecule has 18 heavy (non-hydrogen) atoms. The molecule has 0 amide bonds. The van der Waals surface area contributed by atoms with E-state index in [1.165, 1.54) is 5.56 Å². The molecule has 0 bridgehead atoms. The predicted octanol–water partition coefficient (Wildman–Crippen LogP) is 3.57. The molecule has 0 aliphatic rings. The Hall–Kier alpha value is -0.860. The highest BCUT2D eigenvalue weighted by Gasteiger charge is 2.25. The van der Waals surface area contributed by atoms with E-state index in [9.17, 15) is 0 Å². The van der Waals surface area contributed by atoms with Crippen molar-refractivity contribution in [3.05, 3.63) is 35.9 Å². The zero-order valence-corrected chi connectivity index (χ0v) is 12.1. The highest BCUT2D eigenvalue weighted by atomic mass is 16.5. The molecule has 0 aromatic heterocycles. The van der Waals surface area contributed by atoms with Crippen molar-refractivity contribution in [2.24, 2.45) is 11.7 Å². The lowest BCUT2D eigenvalue weighted by molar-refractivity contribution is 0.0594. The van der Waals surface area contributed by atoms with E-state index in [1.807, 2.05) is 19.9 Å². The zero-order valence-electron chi connectivity index (χ0n) is 12.1. The Balaban J connectivity index is 2.78. The van der Waals surface area contributed by atoms with Gasteiger partial charge in [-0.25, -0.2) is 0 Å². The molecule has 0 aliphatic heterocycles.